The number of aliphatic hydroxyl groups excluding tert-OH is 1. The molecule has 15 heavy (non-hydrogen) atoms. The number of benzene rings is 1. The van der Waals surface area contributed by atoms with Crippen LogP contribution in [0.1, 0.15) is 25.5 Å². The number of hydrogen-bond donors (Lipinski definition) is 1. The number of fused-ring (bicyclic) bond motifs is 1. The van der Waals surface area contributed by atoms with Crippen molar-refractivity contribution in [1.82, 2.24) is 4.57 Å². The van der Waals surface area contributed by atoms with Crippen molar-refractivity contribution in [3.8, 4) is 0 Å². The first kappa shape index (κ1) is 10.2. The van der Waals surface area contributed by atoms with Crippen molar-refractivity contribution in [3.05, 3.63) is 35.8 Å². The summed E-state index contributed by atoms with van der Waals surface area (Å²) in [7, 11) is 0. The van der Waals surface area contributed by atoms with Gasteiger partial charge in [-0.1, -0.05) is 6.07 Å². The number of nitrogens with zero attached hydrogens (tertiary/aromatic N) is 1. The molecule has 0 aliphatic carbocycles. The zero-order valence-corrected chi connectivity index (χ0v) is 8.87. The molecule has 2 rings (SSSR count). The van der Waals surface area contributed by atoms with Gasteiger partial charge in [0.2, 0.25) is 0 Å². The van der Waals surface area contributed by atoms with Crippen LogP contribution in [0.25, 0.3) is 10.9 Å². The third-order valence-corrected chi connectivity index (χ3v) is 2.68. The summed E-state index contributed by atoms with van der Waals surface area (Å²) in [4.78, 5) is 0. The lowest BCUT2D eigenvalue weighted by atomic mass is 10.1. The highest BCUT2D eigenvalue weighted by Crippen LogP contribution is 2.28. The van der Waals surface area contributed by atoms with Gasteiger partial charge in [0.25, 0.3) is 0 Å². The summed E-state index contributed by atoms with van der Waals surface area (Å²) in [6, 6.07) is 4.98. The van der Waals surface area contributed by atoms with E-state index in [4.69, 9.17) is 0 Å². The first-order valence-electron chi connectivity index (χ1n) is 5.10. The Balaban J connectivity index is 2.82. The van der Waals surface area contributed by atoms with E-state index in [1.54, 1.807) is 13.0 Å². The van der Waals surface area contributed by atoms with Crippen LogP contribution < -0.4 is 0 Å². The van der Waals surface area contributed by atoms with Crippen LogP contribution in [-0.2, 0) is 6.54 Å². The van der Waals surface area contributed by atoms with Gasteiger partial charge in [0.15, 0.2) is 0 Å². The lowest BCUT2D eigenvalue weighted by Gasteiger charge is -2.01. The molecule has 1 aromatic heterocycles. The second-order valence-electron chi connectivity index (χ2n) is 3.68. The third-order valence-electron chi connectivity index (χ3n) is 2.68. The highest BCUT2D eigenvalue weighted by Gasteiger charge is 2.14. The maximum Gasteiger partial charge on any atom is 0.132 e. The Morgan fingerprint density at radius 1 is 1.47 bits per heavy atom. The van der Waals surface area contributed by atoms with Gasteiger partial charge in [-0.05, 0) is 26.0 Å². The first-order chi connectivity index (χ1) is 7.15. The molecule has 1 atom stereocenters. The number of aromatic nitrogens is 1. The Hall–Kier alpha value is -1.35. The van der Waals surface area contributed by atoms with Crippen molar-refractivity contribution in [2.75, 3.05) is 0 Å². The lowest BCUT2D eigenvalue weighted by molar-refractivity contribution is 0.200. The normalized spacial score (nSPS) is 13.3. The molecule has 0 aliphatic heterocycles. The fourth-order valence-electron chi connectivity index (χ4n) is 1.92. The largest absolute Gasteiger partial charge is 0.389 e. The molecule has 0 amide bonds. The van der Waals surface area contributed by atoms with Crippen LogP contribution in [0.4, 0.5) is 4.39 Å². The molecule has 3 heteroatoms. The van der Waals surface area contributed by atoms with E-state index >= 15 is 0 Å². The molecular formula is C12H14FNO. The smallest absolute Gasteiger partial charge is 0.132 e. The Kier molecular flexibility index (Phi) is 2.49. The zero-order valence-electron chi connectivity index (χ0n) is 8.87. The monoisotopic (exact) mass is 207 g/mol. The summed E-state index contributed by atoms with van der Waals surface area (Å²) in [5.74, 6) is -0.268. The lowest BCUT2D eigenvalue weighted by Crippen LogP contribution is -1.91. The molecule has 0 radical (unpaired) electrons. The topological polar surface area (TPSA) is 25.2 Å². The summed E-state index contributed by atoms with van der Waals surface area (Å²) in [6.07, 6.45) is 1.18. The van der Waals surface area contributed by atoms with Crippen LogP contribution in [0.5, 0.6) is 0 Å². The molecule has 0 fully saturated rings. The first-order valence-corrected chi connectivity index (χ1v) is 5.10. The molecular weight excluding hydrogens is 193 g/mol. The van der Waals surface area contributed by atoms with Crippen LogP contribution in [0.3, 0.4) is 0 Å². The molecule has 1 heterocycles. The van der Waals surface area contributed by atoms with Crippen LogP contribution in [-0.4, -0.2) is 9.67 Å². The summed E-state index contributed by atoms with van der Waals surface area (Å²) >= 11 is 0. The molecule has 0 saturated carbocycles. The van der Waals surface area contributed by atoms with Crippen LogP contribution >= 0.6 is 0 Å². The number of halogens is 1. The van der Waals surface area contributed by atoms with E-state index in [0.29, 0.717) is 10.9 Å². The van der Waals surface area contributed by atoms with Crippen molar-refractivity contribution in [3.63, 3.8) is 0 Å². The zero-order chi connectivity index (χ0) is 11.0. The molecule has 0 spiro atoms. The van der Waals surface area contributed by atoms with Crippen molar-refractivity contribution in [2.45, 2.75) is 26.5 Å². The summed E-state index contributed by atoms with van der Waals surface area (Å²) in [5.41, 5.74) is 1.50. The molecule has 1 N–H and O–H groups in total. The second-order valence-corrected chi connectivity index (χ2v) is 3.68. The maximum absolute atomic E-state index is 13.6. The molecule has 1 aromatic carbocycles. The fourth-order valence-corrected chi connectivity index (χ4v) is 1.92. The molecule has 0 bridgehead atoms. The SMILES string of the molecule is CCn1cc(C(C)O)c2c(F)cccc21. The number of aliphatic hydroxyl groups is 1. The van der Waals surface area contributed by atoms with Crippen LogP contribution in [0.2, 0.25) is 0 Å². The van der Waals surface area contributed by atoms with Crippen molar-refractivity contribution >= 4 is 10.9 Å². The minimum Gasteiger partial charge on any atom is -0.389 e. The van der Waals surface area contributed by atoms with Crippen molar-refractivity contribution < 1.29 is 9.50 Å². The third kappa shape index (κ3) is 1.53. The van der Waals surface area contributed by atoms with Gasteiger partial charge in [0, 0.05) is 23.7 Å². The van der Waals surface area contributed by atoms with Crippen LogP contribution in [0.15, 0.2) is 24.4 Å². The predicted molar refractivity (Wildman–Crippen MR) is 58.2 cm³/mol. The van der Waals surface area contributed by atoms with Gasteiger partial charge in [0.05, 0.1) is 11.6 Å². The van der Waals surface area contributed by atoms with E-state index in [9.17, 15) is 9.50 Å². The molecule has 2 aromatic rings. The number of rotatable bonds is 2. The highest BCUT2D eigenvalue weighted by atomic mass is 19.1. The van der Waals surface area contributed by atoms with Gasteiger partial charge >= 0.3 is 0 Å². The molecule has 80 valence electrons. The Morgan fingerprint density at radius 2 is 2.20 bits per heavy atom. The van der Waals surface area contributed by atoms with Crippen molar-refractivity contribution in [2.24, 2.45) is 0 Å². The molecule has 0 aliphatic rings. The molecule has 0 saturated heterocycles. The fraction of sp³-hybridized carbons (Fsp3) is 0.333. The quantitative estimate of drug-likeness (QED) is 0.804. The molecule has 1 unspecified atom stereocenters. The van der Waals surface area contributed by atoms with Gasteiger partial charge in [-0.2, -0.15) is 0 Å². The van der Waals surface area contributed by atoms with Gasteiger partial charge < -0.3 is 9.67 Å². The average molecular weight is 207 g/mol. The predicted octanol–water partition coefficient (Wildman–Crippen LogP) is 2.85. The van der Waals surface area contributed by atoms with E-state index in [1.165, 1.54) is 6.07 Å². The van der Waals surface area contributed by atoms with Gasteiger partial charge in [-0.3, -0.25) is 0 Å². The minimum absolute atomic E-state index is 0.268. The van der Waals surface area contributed by atoms with E-state index in [0.717, 1.165) is 12.1 Å². The van der Waals surface area contributed by atoms with E-state index < -0.39 is 6.10 Å². The molecule has 2 nitrogen and oxygen atoms in total. The van der Waals surface area contributed by atoms with Gasteiger partial charge in [0.1, 0.15) is 5.82 Å². The Labute approximate surface area is 88.0 Å². The maximum atomic E-state index is 13.6. The van der Waals surface area contributed by atoms with Gasteiger partial charge in [-0.15, -0.1) is 0 Å². The number of aryl methyl sites for hydroxylation is 1. The van der Waals surface area contributed by atoms with E-state index in [-0.39, 0.29) is 5.82 Å². The van der Waals surface area contributed by atoms with E-state index in [1.807, 2.05) is 23.8 Å². The number of hydrogen-bond acceptors (Lipinski definition) is 1. The van der Waals surface area contributed by atoms with Gasteiger partial charge in [-0.25, -0.2) is 4.39 Å². The van der Waals surface area contributed by atoms with E-state index in [2.05, 4.69) is 0 Å². The minimum atomic E-state index is -0.641. The second kappa shape index (κ2) is 3.66. The highest BCUT2D eigenvalue weighted by molar-refractivity contribution is 5.85. The Bertz CT molecular complexity index is 488. The Morgan fingerprint density at radius 3 is 2.80 bits per heavy atom. The summed E-state index contributed by atoms with van der Waals surface area (Å²) in [5, 5.41) is 10.1. The van der Waals surface area contributed by atoms with Crippen molar-refractivity contribution in [1.29, 1.82) is 0 Å². The van der Waals surface area contributed by atoms with Crippen LogP contribution in [0, 0.1) is 5.82 Å². The summed E-state index contributed by atoms with van der Waals surface area (Å²) < 4.78 is 15.6. The summed E-state index contributed by atoms with van der Waals surface area (Å²) in [6.45, 7) is 4.42. The average Bonchev–Trinajstić information content (AvgIpc) is 2.58. The standard InChI is InChI=1S/C12H14FNO/c1-3-14-7-9(8(2)15)12-10(13)5-4-6-11(12)14/h4-8,15H,3H2,1-2H3.